The Morgan fingerprint density at radius 2 is 2.30 bits per heavy atom. The van der Waals surface area contributed by atoms with Gasteiger partial charge >= 0.3 is 5.97 Å². The van der Waals surface area contributed by atoms with E-state index in [1.807, 2.05) is 6.92 Å². The molecule has 0 fully saturated rings. The van der Waals surface area contributed by atoms with E-state index in [2.05, 4.69) is 10.1 Å². The van der Waals surface area contributed by atoms with Gasteiger partial charge < -0.3 is 13.9 Å². The molecule has 0 N–H and O–H groups in total. The first kappa shape index (κ1) is 15.4. The van der Waals surface area contributed by atoms with Crippen molar-refractivity contribution in [2.45, 2.75) is 20.1 Å². The maximum Gasteiger partial charge on any atom is 0.374 e. The number of carbonyl (C=O) groups is 1. The molecule has 8 nitrogen and oxygen atoms in total. The molecule has 3 heterocycles. The van der Waals surface area contributed by atoms with E-state index >= 15 is 0 Å². The third-order valence-corrected chi connectivity index (χ3v) is 3.73. The van der Waals surface area contributed by atoms with Gasteiger partial charge in [0.2, 0.25) is 10.7 Å². The van der Waals surface area contributed by atoms with Crippen molar-refractivity contribution >= 4 is 22.3 Å². The zero-order valence-corrected chi connectivity index (χ0v) is 13.0. The Morgan fingerprint density at radius 1 is 1.43 bits per heavy atom. The molecule has 0 aliphatic rings. The topological polar surface area (TPSA) is 95.9 Å². The monoisotopic (exact) mass is 335 g/mol. The summed E-state index contributed by atoms with van der Waals surface area (Å²) in [5.41, 5.74) is 0.0135. The summed E-state index contributed by atoms with van der Waals surface area (Å²) in [6, 6.07) is 4.37. The van der Waals surface area contributed by atoms with Crippen LogP contribution in [0.5, 0.6) is 0 Å². The predicted molar refractivity (Wildman–Crippen MR) is 80.3 cm³/mol. The molecule has 3 aromatic heterocycles. The van der Waals surface area contributed by atoms with E-state index in [0.717, 1.165) is 0 Å². The van der Waals surface area contributed by atoms with Crippen molar-refractivity contribution in [3.8, 4) is 0 Å². The van der Waals surface area contributed by atoms with E-state index in [1.54, 1.807) is 6.07 Å². The highest BCUT2D eigenvalue weighted by atomic mass is 32.1. The fraction of sp³-hybridized carbons (Fsp3) is 0.286. The largest absolute Gasteiger partial charge is 0.457 e. The number of nitrogens with zero attached hydrogens (tertiary/aromatic N) is 3. The van der Waals surface area contributed by atoms with Gasteiger partial charge in [0.15, 0.2) is 0 Å². The van der Waals surface area contributed by atoms with E-state index in [4.69, 9.17) is 13.9 Å². The summed E-state index contributed by atoms with van der Waals surface area (Å²) in [6.45, 7) is 2.65. The highest BCUT2D eigenvalue weighted by Gasteiger charge is 2.13. The molecule has 0 aliphatic heterocycles. The van der Waals surface area contributed by atoms with Gasteiger partial charge in [-0.3, -0.25) is 4.79 Å². The second-order valence-electron chi connectivity index (χ2n) is 4.47. The minimum Gasteiger partial charge on any atom is -0.457 e. The van der Waals surface area contributed by atoms with E-state index in [0.29, 0.717) is 28.9 Å². The number of hydrogen-bond donors (Lipinski definition) is 0. The minimum absolute atomic E-state index is 0.0968. The molecule has 0 aliphatic carbocycles. The molecule has 0 aromatic carbocycles. The summed E-state index contributed by atoms with van der Waals surface area (Å²) in [6.07, 6.45) is 1.38. The molecule has 120 valence electrons. The standard InChI is InChI=1S/C14H13N3O5S/c1-2-20-8-11-16-17-12(18)6-9(15-14(17)23-11)7-22-13(19)10-4-3-5-21-10/h3-6H,2,7-8H2,1H3. The van der Waals surface area contributed by atoms with Gasteiger partial charge in [0, 0.05) is 12.7 Å². The van der Waals surface area contributed by atoms with Crippen LogP contribution in [0.1, 0.15) is 28.2 Å². The van der Waals surface area contributed by atoms with E-state index in [-0.39, 0.29) is 17.9 Å². The van der Waals surface area contributed by atoms with Gasteiger partial charge in [0.25, 0.3) is 5.56 Å². The van der Waals surface area contributed by atoms with Gasteiger partial charge in [-0.05, 0) is 19.1 Å². The number of aromatic nitrogens is 3. The molecule has 0 radical (unpaired) electrons. The lowest BCUT2D eigenvalue weighted by Crippen LogP contribution is -2.16. The third kappa shape index (κ3) is 3.46. The lowest BCUT2D eigenvalue weighted by Gasteiger charge is -2.02. The number of hydrogen-bond acceptors (Lipinski definition) is 8. The normalized spacial score (nSPS) is 11.0. The van der Waals surface area contributed by atoms with Crippen LogP contribution < -0.4 is 5.56 Å². The summed E-state index contributed by atoms with van der Waals surface area (Å²) >= 11 is 1.25. The molecule has 23 heavy (non-hydrogen) atoms. The summed E-state index contributed by atoms with van der Waals surface area (Å²) in [5, 5.41) is 4.79. The van der Waals surface area contributed by atoms with Crippen LogP contribution in [-0.2, 0) is 22.7 Å². The molecular weight excluding hydrogens is 322 g/mol. The van der Waals surface area contributed by atoms with Gasteiger partial charge in [0.1, 0.15) is 18.2 Å². The van der Waals surface area contributed by atoms with Gasteiger partial charge in [-0.25, -0.2) is 9.78 Å². The highest BCUT2D eigenvalue weighted by molar-refractivity contribution is 7.16. The Kier molecular flexibility index (Phi) is 4.49. The van der Waals surface area contributed by atoms with Gasteiger partial charge in [0.05, 0.1) is 12.0 Å². The molecule has 9 heteroatoms. The van der Waals surface area contributed by atoms with E-state index in [9.17, 15) is 9.59 Å². The van der Waals surface area contributed by atoms with Crippen molar-refractivity contribution in [1.82, 2.24) is 14.6 Å². The summed E-state index contributed by atoms with van der Waals surface area (Å²) in [7, 11) is 0. The van der Waals surface area contributed by atoms with Crippen molar-refractivity contribution in [3.63, 3.8) is 0 Å². The molecule has 3 rings (SSSR count). The average molecular weight is 335 g/mol. The zero-order valence-electron chi connectivity index (χ0n) is 12.2. The van der Waals surface area contributed by atoms with Crippen LogP contribution in [0.4, 0.5) is 0 Å². The Bertz CT molecular complexity index is 868. The first-order valence-corrected chi connectivity index (χ1v) is 7.66. The molecule has 0 atom stereocenters. The smallest absolute Gasteiger partial charge is 0.374 e. The number of furan rings is 1. The van der Waals surface area contributed by atoms with Crippen LogP contribution in [-0.4, -0.2) is 27.2 Å². The molecular formula is C14H13N3O5S. The second kappa shape index (κ2) is 6.71. The fourth-order valence-electron chi connectivity index (χ4n) is 1.82. The summed E-state index contributed by atoms with van der Waals surface area (Å²) < 4.78 is 16.5. The van der Waals surface area contributed by atoms with Gasteiger partial charge in [-0.2, -0.15) is 9.61 Å². The number of carbonyl (C=O) groups excluding carboxylic acids is 1. The third-order valence-electron chi connectivity index (χ3n) is 2.84. The SMILES string of the molecule is CCOCc1nn2c(=O)cc(COC(=O)c3ccco3)nc2s1. The number of rotatable bonds is 6. The number of fused-ring (bicyclic) bond motifs is 1. The average Bonchev–Trinajstić information content (AvgIpc) is 3.20. The Balaban J connectivity index is 1.76. The van der Waals surface area contributed by atoms with E-state index < -0.39 is 5.97 Å². The Hall–Kier alpha value is -2.52. The van der Waals surface area contributed by atoms with Crippen LogP contribution >= 0.6 is 11.3 Å². The van der Waals surface area contributed by atoms with Crippen molar-refractivity contribution in [2.75, 3.05) is 6.61 Å². The molecule has 0 bridgehead atoms. The van der Waals surface area contributed by atoms with Crippen LogP contribution in [0, 0.1) is 0 Å². The Labute approximate surface area is 134 Å². The van der Waals surface area contributed by atoms with Crippen molar-refractivity contribution in [2.24, 2.45) is 0 Å². The summed E-state index contributed by atoms with van der Waals surface area (Å²) in [4.78, 5) is 28.4. The maximum atomic E-state index is 12.0. The predicted octanol–water partition coefficient (Wildman–Crippen LogP) is 1.64. The number of esters is 1. The summed E-state index contributed by atoms with van der Waals surface area (Å²) in [5.74, 6) is -0.516. The van der Waals surface area contributed by atoms with Gasteiger partial charge in [-0.1, -0.05) is 11.3 Å². The van der Waals surface area contributed by atoms with Crippen LogP contribution in [0.25, 0.3) is 4.96 Å². The van der Waals surface area contributed by atoms with Crippen LogP contribution in [0.15, 0.2) is 33.7 Å². The first-order chi connectivity index (χ1) is 11.2. The first-order valence-electron chi connectivity index (χ1n) is 6.84. The van der Waals surface area contributed by atoms with Crippen molar-refractivity contribution < 1.29 is 18.7 Å². The van der Waals surface area contributed by atoms with E-state index in [1.165, 1.54) is 34.2 Å². The quantitative estimate of drug-likeness (QED) is 0.632. The molecule has 0 spiro atoms. The molecule has 0 amide bonds. The van der Waals surface area contributed by atoms with Gasteiger partial charge in [-0.15, -0.1) is 0 Å². The lowest BCUT2D eigenvalue weighted by molar-refractivity contribution is 0.0431. The number of ether oxygens (including phenoxy) is 2. The molecule has 3 aromatic rings. The minimum atomic E-state index is -0.613. The van der Waals surface area contributed by atoms with Crippen LogP contribution in [0.2, 0.25) is 0 Å². The molecule has 0 saturated heterocycles. The van der Waals surface area contributed by atoms with Crippen LogP contribution in [0.3, 0.4) is 0 Å². The molecule has 0 saturated carbocycles. The maximum absolute atomic E-state index is 12.0. The Morgan fingerprint density at radius 3 is 3.04 bits per heavy atom. The van der Waals surface area contributed by atoms with Crippen molar-refractivity contribution in [3.05, 3.63) is 51.3 Å². The lowest BCUT2D eigenvalue weighted by atomic mass is 10.4. The zero-order chi connectivity index (χ0) is 16.2. The second-order valence-corrected chi connectivity index (χ2v) is 5.51. The highest BCUT2D eigenvalue weighted by Crippen LogP contribution is 2.13. The molecule has 0 unspecified atom stereocenters. The fourth-order valence-corrected chi connectivity index (χ4v) is 2.68. The van der Waals surface area contributed by atoms with Crippen molar-refractivity contribution in [1.29, 1.82) is 0 Å².